The zero-order chi connectivity index (χ0) is 19.8. The van der Waals surface area contributed by atoms with Gasteiger partial charge in [-0.3, -0.25) is 10.1 Å². The fourth-order valence-electron chi connectivity index (χ4n) is 2.03. The molecule has 27 heavy (non-hydrogen) atoms. The third kappa shape index (κ3) is 5.59. The van der Waals surface area contributed by atoms with E-state index in [1.165, 1.54) is 49.6 Å². The Balaban J connectivity index is 1.99. The van der Waals surface area contributed by atoms with Gasteiger partial charge in [0.2, 0.25) is 0 Å². The summed E-state index contributed by atoms with van der Waals surface area (Å²) in [6, 6.07) is 9.27. The highest BCUT2D eigenvalue weighted by Crippen LogP contribution is 2.29. The zero-order valence-electron chi connectivity index (χ0n) is 14.6. The second-order valence-corrected chi connectivity index (χ2v) is 5.03. The lowest BCUT2D eigenvalue weighted by molar-refractivity contribution is -0.384. The van der Waals surface area contributed by atoms with E-state index < -0.39 is 17.1 Å². The molecule has 0 spiro atoms. The van der Waals surface area contributed by atoms with Crippen LogP contribution in [-0.4, -0.2) is 30.8 Å². The van der Waals surface area contributed by atoms with E-state index in [0.717, 1.165) is 0 Å². The van der Waals surface area contributed by atoms with Crippen molar-refractivity contribution in [3.63, 3.8) is 0 Å². The quantitative estimate of drug-likeness (QED) is 0.340. The average molecular weight is 375 g/mol. The minimum absolute atomic E-state index is 0.150. The number of urea groups is 1. The Labute approximate surface area is 154 Å². The summed E-state index contributed by atoms with van der Waals surface area (Å²) in [6.45, 7) is 1.86. The lowest BCUT2D eigenvalue weighted by Crippen LogP contribution is -2.19. The van der Waals surface area contributed by atoms with E-state index in [9.17, 15) is 19.7 Å². The summed E-state index contributed by atoms with van der Waals surface area (Å²) in [5.41, 5.74) is 0.544. The Bertz CT molecular complexity index is 837. The fourth-order valence-corrected chi connectivity index (χ4v) is 2.03. The van der Waals surface area contributed by atoms with Crippen molar-refractivity contribution in [2.75, 3.05) is 24.4 Å². The Kier molecular flexibility index (Phi) is 6.53. The van der Waals surface area contributed by atoms with Gasteiger partial charge in [0.05, 0.1) is 30.4 Å². The molecule has 0 saturated heterocycles. The van der Waals surface area contributed by atoms with Crippen LogP contribution in [0.5, 0.6) is 11.5 Å². The van der Waals surface area contributed by atoms with Crippen LogP contribution >= 0.6 is 0 Å². The zero-order valence-corrected chi connectivity index (χ0v) is 14.6. The first kappa shape index (κ1) is 19.5. The predicted molar refractivity (Wildman–Crippen MR) is 96.4 cm³/mol. The number of rotatable bonds is 6. The number of methoxy groups -OCH3 is 1. The highest BCUT2D eigenvalue weighted by atomic mass is 16.7. The number of anilines is 2. The van der Waals surface area contributed by atoms with Gasteiger partial charge in [0.15, 0.2) is 0 Å². The van der Waals surface area contributed by atoms with Crippen molar-refractivity contribution in [2.45, 2.75) is 6.92 Å². The van der Waals surface area contributed by atoms with Crippen LogP contribution in [0.15, 0.2) is 42.5 Å². The van der Waals surface area contributed by atoms with Crippen LogP contribution in [0.2, 0.25) is 0 Å². The molecule has 2 aromatic rings. The van der Waals surface area contributed by atoms with Gasteiger partial charge in [0.25, 0.3) is 5.69 Å². The number of hydrogen-bond acceptors (Lipinski definition) is 7. The highest BCUT2D eigenvalue weighted by Gasteiger charge is 2.13. The van der Waals surface area contributed by atoms with E-state index in [0.29, 0.717) is 5.69 Å². The smallest absolute Gasteiger partial charge is 0.494 e. The van der Waals surface area contributed by atoms with Gasteiger partial charge in [-0.25, -0.2) is 9.59 Å². The standard InChI is InChI=1S/C17H17N3O7/c1-3-26-17(22)27-13-7-4-11(5-8-13)18-16(21)19-14-9-6-12(20(23)24)10-15(14)25-2/h4-10H,3H2,1-2H3,(H2,18,19,21). The van der Waals surface area contributed by atoms with Gasteiger partial charge in [-0.1, -0.05) is 0 Å². The topological polar surface area (TPSA) is 129 Å². The van der Waals surface area contributed by atoms with Crippen LogP contribution in [-0.2, 0) is 4.74 Å². The summed E-state index contributed by atoms with van der Waals surface area (Å²) in [4.78, 5) is 33.5. The number of nitro benzene ring substituents is 1. The van der Waals surface area contributed by atoms with E-state index in [4.69, 9.17) is 9.47 Å². The number of carbonyl (C=O) groups is 2. The molecule has 0 radical (unpaired) electrons. The normalized spacial score (nSPS) is 9.85. The molecule has 2 amide bonds. The predicted octanol–water partition coefficient (Wildman–Crippen LogP) is 3.78. The number of hydrogen-bond donors (Lipinski definition) is 2. The van der Waals surface area contributed by atoms with E-state index >= 15 is 0 Å². The molecule has 10 heteroatoms. The van der Waals surface area contributed by atoms with Crippen LogP contribution in [0.3, 0.4) is 0 Å². The largest absolute Gasteiger partial charge is 0.513 e. The van der Waals surface area contributed by atoms with Gasteiger partial charge in [0.1, 0.15) is 11.5 Å². The molecule has 0 aliphatic heterocycles. The van der Waals surface area contributed by atoms with Crippen LogP contribution in [0.1, 0.15) is 6.92 Å². The minimum Gasteiger partial charge on any atom is -0.494 e. The first-order valence-corrected chi connectivity index (χ1v) is 7.78. The molecule has 0 unspecified atom stereocenters. The lowest BCUT2D eigenvalue weighted by atomic mass is 10.2. The average Bonchev–Trinajstić information content (AvgIpc) is 2.63. The monoisotopic (exact) mass is 375 g/mol. The van der Waals surface area contributed by atoms with Gasteiger partial charge in [-0.05, 0) is 37.3 Å². The maximum absolute atomic E-state index is 12.1. The number of non-ortho nitro benzene ring substituents is 1. The van der Waals surface area contributed by atoms with E-state index in [2.05, 4.69) is 15.4 Å². The molecule has 0 fully saturated rings. The van der Waals surface area contributed by atoms with Crippen molar-refractivity contribution < 1.29 is 28.7 Å². The van der Waals surface area contributed by atoms with Crippen LogP contribution < -0.4 is 20.1 Å². The van der Waals surface area contributed by atoms with Crippen molar-refractivity contribution in [1.82, 2.24) is 0 Å². The molecular formula is C17H17N3O7. The van der Waals surface area contributed by atoms with Crippen molar-refractivity contribution in [1.29, 1.82) is 0 Å². The summed E-state index contributed by atoms with van der Waals surface area (Å²) < 4.78 is 14.6. The van der Waals surface area contributed by atoms with Crippen LogP contribution in [0, 0.1) is 10.1 Å². The lowest BCUT2D eigenvalue weighted by Gasteiger charge is -2.11. The van der Waals surface area contributed by atoms with Crippen molar-refractivity contribution in [3.05, 3.63) is 52.6 Å². The SMILES string of the molecule is CCOC(=O)Oc1ccc(NC(=O)Nc2ccc([N+](=O)[O-])cc2OC)cc1. The van der Waals surface area contributed by atoms with E-state index in [1.807, 2.05) is 0 Å². The first-order valence-electron chi connectivity index (χ1n) is 7.78. The number of nitrogens with zero attached hydrogens (tertiary/aromatic N) is 1. The van der Waals surface area contributed by atoms with E-state index in [1.54, 1.807) is 6.92 Å². The van der Waals surface area contributed by atoms with Gasteiger partial charge >= 0.3 is 12.2 Å². The van der Waals surface area contributed by atoms with Crippen LogP contribution in [0.4, 0.5) is 26.7 Å². The summed E-state index contributed by atoms with van der Waals surface area (Å²) >= 11 is 0. The van der Waals surface area contributed by atoms with Crippen molar-refractivity contribution in [2.24, 2.45) is 0 Å². The van der Waals surface area contributed by atoms with Gasteiger partial charge in [0, 0.05) is 11.8 Å². The second-order valence-electron chi connectivity index (χ2n) is 5.03. The molecule has 0 heterocycles. The van der Waals surface area contributed by atoms with Gasteiger partial charge < -0.3 is 24.8 Å². The van der Waals surface area contributed by atoms with Crippen molar-refractivity contribution >= 4 is 29.2 Å². The molecule has 2 aromatic carbocycles. The molecule has 10 nitrogen and oxygen atoms in total. The molecule has 0 saturated carbocycles. The first-order chi connectivity index (χ1) is 12.9. The molecular weight excluding hydrogens is 358 g/mol. The Morgan fingerprint density at radius 3 is 2.41 bits per heavy atom. The molecule has 0 atom stereocenters. The number of nitrogens with one attached hydrogen (secondary N) is 2. The number of benzene rings is 2. The number of carbonyl (C=O) groups excluding carboxylic acids is 2. The molecule has 0 aliphatic carbocycles. The Hall–Kier alpha value is -3.82. The Morgan fingerprint density at radius 2 is 1.81 bits per heavy atom. The maximum atomic E-state index is 12.1. The van der Waals surface area contributed by atoms with Gasteiger partial charge in [-0.2, -0.15) is 0 Å². The van der Waals surface area contributed by atoms with Crippen molar-refractivity contribution in [3.8, 4) is 11.5 Å². The molecule has 0 aromatic heterocycles. The summed E-state index contributed by atoms with van der Waals surface area (Å²) in [7, 11) is 1.34. The molecule has 2 rings (SSSR count). The third-order valence-corrected chi connectivity index (χ3v) is 3.22. The molecule has 142 valence electrons. The number of amides is 2. The number of nitro groups is 1. The van der Waals surface area contributed by atoms with Gasteiger partial charge in [-0.15, -0.1) is 0 Å². The molecule has 2 N–H and O–H groups in total. The molecule has 0 bridgehead atoms. The minimum atomic E-state index is -0.818. The summed E-state index contributed by atoms with van der Waals surface area (Å²) in [5, 5.41) is 15.9. The molecule has 0 aliphatic rings. The van der Waals surface area contributed by atoms with Crippen LogP contribution in [0.25, 0.3) is 0 Å². The fraction of sp³-hybridized carbons (Fsp3) is 0.176. The van der Waals surface area contributed by atoms with E-state index in [-0.39, 0.29) is 29.5 Å². The second kappa shape index (κ2) is 9.04. The number of ether oxygens (including phenoxy) is 3. The Morgan fingerprint density at radius 1 is 1.11 bits per heavy atom. The summed E-state index contributed by atoms with van der Waals surface area (Å²) in [5.74, 6) is 0.411. The highest BCUT2D eigenvalue weighted by molar-refractivity contribution is 6.00. The summed E-state index contributed by atoms with van der Waals surface area (Å²) in [6.07, 6.45) is -0.818. The third-order valence-electron chi connectivity index (χ3n) is 3.22. The maximum Gasteiger partial charge on any atom is 0.513 e.